The van der Waals surface area contributed by atoms with Gasteiger partial charge >= 0.3 is 5.97 Å². The summed E-state index contributed by atoms with van der Waals surface area (Å²) in [6, 6.07) is 10.0. The highest BCUT2D eigenvalue weighted by Crippen LogP contribution is 2.36. The Kier molecular flexibility index (Phi) is 8.70. The summed E-state index contributed by atoms with van der Waals surface area (Å²) in [5.41, 5.74) is 1.72. The van der Waals surface area contributed by atoms with Gasteiger partial charge in [-0.05, 0) is 41.1 Å². The predicted octanol–water partition coefficient (Wildman–Crippen LogP) is 3.21. The minimum absolute atomic E-state index is 0.0708. The van der Waals surface area contributed by atoms with E-state index in [1.54, 1.807) is 46.5 Å². The fourth-order valence-corrected chi connectivity index (χ4v) is 5.76. The van der Waals surface area contributed by atoms with Crippen LogP contribution >= 0.6 is 27.3 Å². The molecule has 0 aliphatic carbocycles. The molecule has 38 heavy (non-hydrogen) atoms. The monoisotopic (exact) mass is 602 g/mol. The van der Waals surface area contributed by atoms with E-state index in [2.05, 4.69) is 20.9 Å². The first-order valence-electron chi connectivity index (χ1n) is 11.6. The minimum atomic E-state index is -0.802. The highest BCUT2D eigenvalue weighted by atomic mass is 79.9. The Morgan fingerprint density at radius 1 is 1.05 bits per heavy atom. The van der Waals surface area contributed by atoms with Crippen molar-refractivity contribution in [1.29, 1.82) is 0 Å². The lowest BCUT2D eigenvalue weighted by Crippen LogP contribution is -2.40. The lowest BCUT2D eigenvalue weighted by Gasteiger charge is -2.26. The Hall–Kier alpha value is -3.41. The van der Waals surface area contributed by atoms with Crippen molar-refractivity contribution in [2.24, 2.45) is 4.99 Å². The second-order valence-corrected chi connectivity index (χ2v) is 10.0. The molecule has 4 rings (SSSR count). The number of allylic oxidation sites excluding steroid dienone is 1. The molecule has 200 valence electrons. The Morgan fingerprint density at radius 2 is 1.76 bits per heavy atom. The molecule has 1 atom stereocenters. The van der Waals surface area contributed by atoms with Crippen LogP contribution in [0.5, 0.6) is 17.2 Å². The molecule has 1 aliphatic heterocycles. The van der Waals surface area contributed by atoms with Crippen LogP contribution in [0.2, 0.25) is 0 Å². The van der Waals surface area contributed by atoms with Crippen LogP contribution in [0, 0.1) is 0 Å². The van der Waals surface area contributed by atoms with Gasteiger partial charge in [0.15, 0.2) is 4.80 Å². The number of para-hydroxylation sites is 1. The van der Waals surface area contributed by atoms with Crippen molar-refractivity contribution in [3.05, 3.63) is 83.0 Å². The number of carbonyl (C=O) groups is 1. The van der Waals surface area contributed by atoms with Gasteiger partial charge < -0.3 is 23.7 Å². The molecule has 3 aromatic rings. The largest absolute Gasteiger partial charge is 0.496 e. The number of thiazole rings is 1. The van der Waals surface area contributed by atoms with E-state index >= 15 is 0 Å². The molecule has 9 nitrogen and oxygen atoms in total. The van der Waals surface area contributed by atoms with E-state index in [4.69, 9.17) is 23.7 Å². The van der Waals surface area contributed by atoms with Crippen LogP contribution in [-0.2, 0) is 14.3 Å². The van der Waals surface area contributed by atoms with Gasteiger partial charge in [0.1, 0.15) is 29.9 Å². The first-order valence-corrected chi connectivity index (χ1v) is 13.2. The van der Waals surface area contributed by atoms with Crippen LogP contribution in [-0.4, -0.2) is 52.2 Å². The van der Waals surface area contributed by atoms with E-state index in [9.17, 15) is 9.59 Å². The topological polar surface area (TPSA) is 97.6 Å². The summed E-state index contributed by atoms with van der Waals surface area (Å²) in [6.07, 6.45) is 1.74. The number of aromatic nitrogens is 1. The highest BCUT2D eigenvalue weighted by molar-refractivity contribution is 9.10. The van der Waals surface area contributed by atoms with Crippen LogP contribution in [0.3, 0.4) is 0 Å². The Morgan fingerprint density at radius 3 is 2.45 bits per heavy atom. The summed E-state index contributed by atoms with van der Waals surface area (Å²) in [7, 11) is 6.18. The number of rotatable bonds is 9. The van der Waals surface area contributed by atoms with Crippen molar-refractivity contribution in [3.63, 3.8) is 0 Å². The molecule has 0 fully saturated rings. The molecular weight excluding hydrogens is 576 g/mol. The van der Waals surface area contributed by atoms with Crippen LogP contribution in [0.4, 0.5) is 0 Å². The van der Waals surface area contributed by atoms with E-state index in [0.29, 0.717) is 47.9 Å². The fraction of sp³-hybridized carbons (Fsp3) is 0.296. The number of halogens is 1. The van der Waals surface area contributed by atoms with Crippen molar-refractivity contribution >= 4 is 39.3 Å². The van der Waals surface area contributed by atoms with Crippen LogP contribution in [0.25, 0.3) is 6.08 Å². The third-order valence-corrected chi connectivity index (χ3v) is 7.59. The molecule has 1 aliphatic rings. The van der Waals surface area contributed by atoms with Gasteiger partial charge in [0.2, 0.25) is 0 Å². The fourth-order valence-electron chi connectivity index (χ4n) is 4.20. The standard InChI is InChI=1S/C27H27BrN2O7S/c1-15-23(26(32)37-11-10-33-2)24(17-8-6-7-9-19(17)34-3)30-25(31)22(38-27(30)29-15)13-16-12-18(28)21(36-5)14-20(16)35-4/h6-9,12-14,24H,10-11H2,1-5H3. The van der Waals surface area contributed by atoms with Crippen molar-refractivity contribution in [2.45, 2.75) is 13.0 Å². The summed E-state index contributed by atoms with van der Waals surface area (Å²) >= 11 is 4.71. The van der Waals surface area contributed by atoms with E-state index in [-0.39, 0.29) is 24.3 Å². The number of carbonyl (C=O) groups excluding carboxylic acids is 1. The smallest absolute Gasteiger partial charge is 0.338 e. The molecule has 1 unspecified atom stereocenters. The number of esters is 1. The number of methoxy groups -OCH3 is 4. The zero-order chi connectivity index (χ0) is 27.4. The second kappa shape index (κ2) is 12.0. The molecule has 0 bridgehead atoms. The molecule has 2 heterocycles. The third kappa shape index (κ3) is 5.27. The lowest BCUT2D eigenvalue weighted by atomic mass is 9.95. The van der Waals surface area contributed by atoms with E-state index in [0.717, 1.165) is 0 Å². The summed E-state index contributed by atoms with van der Waals surface area (Å²) in [6.45, 7) is 2.05. The molecule has 0 saturated heterocycles. The Bertz CT molecular complexity index is 1570. The van der Waals surface area contributed by atoms with Gasteiger partial charge in [-0.1, -0.05) is 29.5 Å². The average Bonchev–Trinajstić information content (AvgIpc) is 3.22. The Labute approximate surface area is 231 Å². The van der Waals surface area contributed by atoms with Gasteiger partial charge in [-0.25, -0.2) is 9.79 Å². The van der Waals surface area contributed by atoms with Gasteiger partial charge in [0, 0.05) is 24.3 Å². The first-order chi connectivity index (χ1) is 18.3. The predicted molar refractivity (Wildman–Crippen MR) is 147 cm³/mol. The molecule has 2 aromatic carbocycles. The van der Waals surface area contributed by atoms with E-state index < -0.39 is 12.0 Å². The number of ether oxygens (including phenoxy) is 5. The summed E-state index contributed by atoms with van der Waals surface area (Å²) < 4.78 is 29.6. The van der Waals surface area contributed by atoms with Crippen molar-refractivity contribution in [1.82, 2.24) is 4.57 Å². The first kappa shape index (κ1) is 27.6. The highest BCUT2D eigenvalue weighted by Gasteiger charge is 2.35. The quantitative estimate of drug-likeness (QED) is 0.274. The van der Waals surface area contributed by atoms with Gasteiger partial charge in [-0.2, -0.15) is 0 Å². The molecule has 11 heteroatoms. The van der Waals surface area contributed by atoms with Gasteiger partial charge in [-0.15, -0.1) is 0 Å². The zero-order valence-electron chi connectivity index (χ0n) is 21.6. The number of fused-ring (bicyclic) bond motifs is 1. The van der Waals surface area contributed by atoms with Gasteiger partial charge in [-0.3, -0.25) is 9.36 Å². The minimum Gasteiger partial charge on any atom is -0.496 e. The van der Waals surface area contributed by atoms with E-state index in [1.807, 2.05) is 24.3 Å². The number of hydrogen-bond donors (Lipinski definition) is 0. The normalized spacial score (nSPS) is 15.1. The second-order valence-electron chi connectivity index (χ2n) is 8.18. The maximum atomic E-state index is 13.9. The van der Waals surface area contributed by atoms with Crippen LogP contribution in [0.1, 0.15) is 24.1 Å². The molecule has 1 aromatic heterocycles. The number of hydrogen-bond acceptors (Lipinski definition) is 9. The number of benzene rings is 2. The van der Waals surface area contributed by atoms with Crippen molar-refractivity contribution in [2.75, 3.05) is 41.7 Å². The third-order valence-electron chi connectivity index (χ3n) is 5.99. The number of nitrogens with zero attached hydrogens (tertiary/aromatic N) is 2. The maximum absolute atomic E-state index is 13.9. The molecule has 0 N–H and O–H groups in total. The molecule has 0 saturated carbocycles. The van der Waals surface area contributed by atoms with Gasteiger partial charge in [0.25, 0.3) is 5.56 Å². The maximum Gasteiger partial charge on any atom is 0.338 e. The SMILES string of the molecule is COCCOC(=O)C1=C(C)N=c2sc(=Cc3cc(Br)c(OC)cc3OC)c(=O)n2C1c1ccccc1OC. The zero-order valence-corrected chi connectivity index (χ0v) is 24.0. The molecule has 0 amide bonds. The summed E-state index contributed by atoms with van der Waals surface area (Å²) in [5.74, 6) is 1.10. The summed E-state index contributed by atoms with van der Waals surface area (Å²) in [5, 5.41) is 0. The van der Waals surface area contributed by atoms with Gasteiger partial charge in [0.05, 0.1) is 48.2 Å². The molecule has 0 radical (unpaired) electrons. The van der Waals surface area contributed by atoms with Crippen LogP contribution < -0.4 is 29.1 Å². The molecule has 0 spiro atoms. The average molecular weight is 603 g/mol. The lowest BCUT2D eigenvalue weighted by molar-refractivity contribution is -0.140. The van der Waals surface area contributed by atoms with Crippen LogP contribution in [0.15, 0.2) is 61.9 Å². The van der Waals surface area contributed by atoms with Crippen molar-refractivity contribution < 1.29 is 28.5 Å². The van der Waals surface area contributed by atoms with E-state index in [1.165, 1.54) is 23.0 Å². The Balaban J connectivity index is 1.94. The summed E-state index contributed by atoms with van der Waals surface area (Å²) in [4.78, 5) is 32.3. The molecular formula is C27H27BrN2O7S. The van der Waals surface area contributed by atoms with Crippen molar-refractivity contribution in [3.8, 4) is 17.2 Å².